The maximum atomic E-state index is 12.1. The lowest BCUT2D eigenvalue weighted by Gasteiger charge is -2.21. The van der Waals surface area contributed by atoms with E-state index in [2.05, 4.69) is 5.32 Å². The molecule has 0 unspecified atom stereocenters. The highest BCUT2D eigenvalue weighted by atomic mass is 35.5. The van der Waals surface area contributed by atoms with Gasteiger partial charge < -0.3 is 10.2 Å². The molecule has 4 nitrogen and oxygen atoms in total. The fraction of sp³-hybridized carbons (Fsp3) is 0.125. The zero-order valence-electron chi connectivity index (χ0n) is 11.3. The summed E-state index contributed by atoms with van der Waals surface area (Å²) in [5.74, 6) is -0.761. The van der Waals surface area contributed by atoms with Crippen molar-refractivity contribution in [3.8, 4) is 0 Å². The fourth-order valence-corrected chi connectivity index (χ4v) is 2.01. The molecule has 0 bridgehead atoms. The highest BCUT2D eigenvalue weighted by Gasteiger charge is 2.18. The molecule has 0 aromatic heterocycles. The number of benzene rings is 2. The molecule has 2 rings (SSSR count). The number of alkyl halides is 1. The van der Waals surface area contributed by atoms with E-state index in [0.717, 1.165) is 0 Å². The Balaban J connectivity index is 2.09. The molecule has 0 spiro atoms. The van der Waals surface area contributed by atoms with E-state index in [0.29, 0.717) is 11.4 Å². The zero-order chi connectivity index (χ0) is 15.1. The molecule has 0 radical (unpaired) electrons. The maximum Gasteiger partial charge on any atom is 0.244 e. The number of carbonyl (C=O) groups is 2. The van der Waals surface area contributed by atoms with Crippen molar-refractivity contribution in [3.05, 3.63) is 60.7 Å². The molecule has 0 aliphatic rings. The molecule has 2 aromatic rings. The molecule has 0 saturated carbocycles. The molecular formula is C16H15ClN2O2. The molecule has 2 aromatic carbocycles. The van der Waals surface area contributed by atoms with Crippen molar-refractivity contribution in [2.75, 3.05) is 22.6 Å². The van der Waals surface area contributed by atoms with Crippen LogP contribution in [-0.4, -0.2) is 24.2 Å². The van der Waals surface area contributed by atoms with Gasteiger partial charge in [0.15, 0.2) is 0 Å². The Kier molecular flexibility index (Phi) is 5.35. The first-order valence-corrected chi connectivity index (χ1v) is 7.00. The first-order chi connectivity index (χ1) is 10.2. The summed E-state index contributed by atoms with van der Waals surface area (Å²) in [6, 6.07) is 18.1. The molecule has 0 atom stereocenters. The number of hydrogen-bond donors (Lipinski definition) is 1. The number of hydrogen-bond acceptors (Lipinski definition) is 2. The van der Waals surface area contributed by atoms with E-state index in [1.54, 1.807) is 36.4 Å². The average molecular weight is 303 g/mol. The Hall–Kier alpha value is -2.33. The number of amides is 2. The van der Waals surface area contributed by atoms with Crippen LogP contribution in [0.4, 0.5) is 11.4 Å². The van der Waals surface area contributed by atoms with Crippen molar-refractivity contribution in [1.29, 1.82) is 0 Å². The summed E-state index contributed by atoms with van der Waals surface area (Å²) < 4.78 is 0. The lowest BCUT2D eigenvalue weighted by Crippen LogP contribution is -2.38. The molecule has 0 saturated heterocycles. The molecule has 0 heterocycles. The molecule has 0 aliphatic heterocycles. The summed E-state index contributed by atoms with van der Waals surface area (Å²) in [5, 5.41) is 2.75. The Morgan fingerprint density at radius 3 is 2.10 bits per heavy atom. The van der Waals surface area contributed by atoms with Crippen LogP contribution in [0, 0.1) is 0 Å². The first-order valence-electron chi connectivity index (χ1n) is 6.47. The lowest BCUT2D eigenvalue weighted by atomic mass is 10.2. The molecule has 0 fully saturated rings. The minimum absolute atomic E-state index is 0.0789. The highest BCUT2D eigenvalue weighted by molar-refractivity contribution is 6.29. The summed E-state index contributed by atoms with van der Waals surface area (Å²) in [5.41, 5.74) is 1.33. The number of para-hydroxylation sites is 2. The number of anilines is 2. The van der Waals surface area contributed by atoms with Crippen molar-refractivity contribution < 1.29 is 9.59 Å². The van der Waals surface area contributed by atoms with E-state index >= 15 is 0 Å². The molecule has 0 aliphatic carbocycles. The van der Waals surface area contributed by atoms with Gasteiger partial charge in [-0.05, 0) is 24.3 Å². The van der Waals surface area contributed by atoms with E-state index < -0.39 is 0 Å². The van der Waals surface area contributed by atoms with Gasteiger partial charge in [-0.2, -0.15) is 0 Å². The summed E-state index contributed by atoms with van der Waals surface area (Å²) in [4.78, 5) is 25.3. The topological polar surface area (TPSA) is 49.4 Å². The van der Waals surface area contributed by atoms with Crippen molar-refractivity contribution in [2.24, 2.45) is 0 Å². The minimum atomic E-state index is -0.314. The van der Waals surface area contributed by atoms with Gasteiger partial charge in [0.1, 0.15) is 12.4 Å². The van der Waals surface area contributed by atoms with Crippen molar-refractivity contribution in [2.45, 2.75) is 0 Å². The third kappa shape index (κ3) is 4.33. The van der Waals surface area contributed by atoms with Gasteiger partial charge in [-0.1, -0.05) is 36.4 Å². The van der Waals surface area contributed by atoms with Crippen LogP contribution in [0.3, 0.4) is 0 Å². The van der Waals surface area contributed by atoms with Crippen LogP contribution < -0.4 is 10.2 Å². The van der Waals surface area contributed by atoms with Gasteiger partial charge in [-0.3, -0.25) is 9.59 Å². The zero-order valence-corrected chi connectivity index (χ0v) is 12.1. The van der Waals surface area contributed by atoms with Crippen molar-refractivity contribution in [1.82, 2.24) is 0 Å². The Labute approximate surface area is 128 Å². The second-order valence-electron chi connectivity index (χ2n) is 4.36. The summed E-state index contributed by atoms with van der Waals surface area (Å²) in [6.07, 6.45) is 0. The van der Waals surface area contributed by atoms with Crippen LogP contribution in [0.15, 0.2) is 60.7 Å². The summed E-state index contributed by atoms with van der Waals surface area (Å²) in [7, 11) is 0. The number of halogens is 1. The van der Waals surface area contributed by atoms with Crippen LogP contribution in [0.2, 0.25) is 0 Å². The average Bonchev–Trinajstić information content (AvgIpc) is 2.53. The molecule has 21 heavy (non-hydrogen) atoms. The Morgan fingerprint density at radius 1 is 0.952 bits per heavy atom. The van der Waals surface area contributed by atoms with Gasteiger partial charge in [0.25, 0.3) is 0 Å². The smallest absolute Gasteiger partial charge is 0.244 e. The first kappa shape index (κ1) is 15.1. The molecular weight excluding hydrogens is 288 g/mol. The van der Waals surface area contributed by atoms with Gasteiger partial charge in [-0.15, -0.1) is 11.6 Å². The van der Waals surface area contributed by atoms with E-state index in [1.165, 1.54) is 4.90 Å². The Bertz CT molecular complexity index is 602. The molecule has 5 heteroatoms. The van der Waals surface area contributed by atoms with Gasteiger partial charge in [-0.25, -0.2) is 0 Å². The number of rotatable bonds is 5. The van der Waals surface area contributed by atoms with E-state index in [9.17, 15) is 9.59 Å². The minimum Gasteiger partial charge on any atom is -0.325 e. The van der Waals surface area contributed by atoms with E-state index in [-0.39, 0.29) is 24.2 Å². The van der Waals surface area contributed by atoms with Gasteiger partial charge in [0.05, 0.1) is 0 Å². The largest absolute Gasteiger partial charge is 0.325 e. The SMILES string of the molecule is O=C(CN(C(=O)CCl)c1ccccc1)Nc1ccccc1. The predicted octanol–water partition coefficient (Wildman–Crippen LogP) is 2.90. The number of nitrogens with zero attached hydrogens (tertiary/aromatic N) is 1. The van der Waals surface area contributed by atoms with Crippen LogP contribution in [-0.2, 0) is 9.59 Å². The monoisotopic (exact) mass is 302 g/mol. The van der Waals surface area contributed by atoms with Gasteiger partial charge >= 0.3 is 0 Å². The van der Waals surface area contributed by atoms with Crippen LogP contribution in [0.1, 0.15) is 0 Å². The summed E-state index contributed by atoms with van der Waals surface area (Å²) in [6.45, 7) is -0.0789. The van der Waals surface area contributed by atoms with Crippen LogP contribution in [0.5, 0.6) is 0 Å². The summed E-state index contributed by atoms with van der Waals surface area (Å²) >= 11 is 5.62. The number of carbonyl (C=O) groups excluding carboxylic acids is 2. The predicted molar refractivity (Wildman–Crippen MR) is 84.6 cm³/mol. The highest BCUT2D eigenvalue weighted by Crippen LogP contribution is 2.14. The van der Waals surface area contributed by atoms with Crippen LogP contribution >= 0.6 is 11.6 Å². The van der Waals surface area contributed by atoms with Crippen LogP contribution in [0.25, 0.3) is 0 Å². The third-order valence-electron chi connectivity index (χ3n) is 2.84. The standard InChI is InChI=1S/C16H15ClN2O2/c17-11-16(21)19(14-9-5-2-6-10-14)12-15(20)18-13-7-3-1-4-8-13/h1-10H,11-12H2,(H,18,20). The van der Waals surface area contributed by atoms with E-state index in [1.807, 2.05) is 24.3 Å². The molecule has 2 amide bonds. The third-order valence-corrected chi connectivity index (χ3v) is 3.07. The molecule has 108 valence electrons. The van der Waals surface area contributed by atoms with Gasteiger partial charge in [0.2, 0.25) is 11.8 Å². The molecule has 1 N–H and O–H groups in total. The lowest BCUT2D eigenvalue weighted by molar-refractivity contribution is -0.120. The van der Waals surface area contributed by atoms with Crippen molar-refractivity contribution in [3.63, 3.8) is 0 Å². The second kappa shape index (κ2) is 7.45. The fourth-order valence-electron chi connectivity index (χ4n) is 1.87. The second-order valence-corrected chi connectivity index (χ2v) is 4.63. The number of nitrogens with one attached hydrogen (secondary N) is 1. The Morgan fingerprint density at radius 2 is 1.52 bits per heavy atom. The normalized spacial score (nSPS) is 9.95. The van der Waals surface area contributed by atoms with Gasteiger partial charge in [0, 0.05) is 11.4 Å². The maximum absolute atomic E-state index is 12.1. The van der Waals surface area contributed by atoms with E-state index in [4.69, 9.17) is 11.6 Å². The quantitative estimate of drug-likeness (QED) is 0.863. The van der Waals surface area contributed by atoms with Crippen molar-refractivity contribution >= 4 is 34.8 Å².